The molecule has 15 heavy (non-hydrogen) atoms. The van der Waals surface area contributed by atoms with Gasteiger partial charge in [0.2, 0.25) is 0 Å². The SMILES string of the molecule is BrC1C2C=CC1C1C2C2C3CC4C2C4C31. The fourth-order valence-corrected chi connectivity index (χ4v) is 8.37. The monoisotopic (exact) mass is 262 g/mol. The molecule has 1 heteroatoms. The van der Waals surface area contributed by atoms with Gasteiger partial charge in [-0.3, -0.25) is 0 Å². The van der Waals surface area contributed by atoms with Gasteiger partial charge in [0.1, 0.15) is 0 Å². The van der Waals surface area contributed by atoms with E-state index in [1.54, 1.807) is 6.42 Å². The van der Waals surface area contributed by atoms with E-state index in [0.717, 1.165) is 28.5 Å². The van der Waals surface area contributed by atoms with Crippen molar-refractivity contribution in [1.82, 2.24) is 0 Å². The maximum atomic E-state index is 3.98. The van der Waals surface area contributed by atoms with Gasteiger partial charge in [-0.2, -0.15) is 0 Å². The number of halogens is 1. The molecule has 8 unspecified atom stereocenters. The molecule has 0 nitrogen and oxygen atoms in total. The lowest BCUT2D eigenvalue weighted by Crippen LogP contribution is -2.27. The van der Waals surface area contributed by atoms with E-state index >= 15 is 0 Å². The minimum atomic E-state index is 0.826. The van der Waals surface area contributed by atoms with Crippen LogP contribution in [0.2, 0.25) is 0 Å². The Morgan fingerprint density at radius 3 is 1.67 bits per heavy atom. The maximum absolute atomic E-state index is 3.98. The van der Waals surface area contributed by atoms with Crippen molar-refractivity contribution in [3.05, 3.63) is 12.2 Å². The first kappa shape index (κ1) is 7.53. The fraction of sp³-hybridized carbons (Fsp3) is 0.857. The highest BCUT2D eigenvalue weighted by atomic mass is 79.9. The summed E-state index contributed by atoms with van der Waals surface area (Å²) in [6, 6.07) is 0. The number of rotatable bonds is 0. The third-order valence-corrected chi connectivity index (χ3v) is 8.45. The molecule has 0 aliphatic heterocycles. The van der Waals surface area contributed by atoms with Crippen molar-refractivity contribution in [3.8, 4) is 0 Å². The molecule has 0 aromatic rings. The summed E-state index contributed by atoms with van der Waals surface area (Å²) >= 11 is 3.98. The van der Waals surface area contributed by atoms with Crippen LogP contribution in [-0.4, -0.2) is 4.83 Å². The van der Waals surface area contributed by atoms with Crippen LogP contribution in [0.15, 0.2) is 12.2 Å². The Morgan fingerprint density at radius 1 is 0.733 bits per heavy atom. The number of hydrogen-bond donors (Lipinski definition) is 0. The lowest BCUT2D eigenvalue weighted by molar-refractivity contribution is 0.196. The van der Waals surface area contributed by atoms with E-state index in [-0.39, 0.29) is 0 Å². The minimum absolute atomic E-state index is 0.826. The van der Waals surface area contributed by atoms with Crippen LogP contribution >= 0.6 is 15.9 Å². The van der Waals surface area contributed by atoms with Crippen molar-refractivity contribution in [3.63, 3.8) is 0 Å². The third kappa shape index (κ3) is 0.531. The van der Waals surface area contributed by atoms with E-state index in [1.165, 1.54) is 35.5 Å². The van der Waals surface area contributed by atoms with Gasteiger partial charge in [0, 0.05) is 4.83 Å². The van der Waals surface area contributed by atoms with Crippen LogP contribution < -0.4 is 0 Å². The molecule has 0 aromatic carbocycles. The van der Waals surface area contributed by atoms with E-state index < -0.39 is 0 Å². The van der Waals surface area contributed by atoms with Crippen molar-refractivity contribution in [1.29, 1.82) is 0 Å². The van der Waals surface area contributed by atoms with E-state index in [0.29, 0.717) is 0 Å². The van der Waals surface area contributed by atoms with Gasteiger partial charge in [0.05, 0.1) is 0 Å². The van der Waals surface area contributed by atoms with Crippen molar-refractivity contribution in [2.45, 2.75) is 11.2 Å². The van der Waals surface area contributed by atoms with Crippen molar-refractivity contribution < 1.29 is 0 Å². The number of alkyl halides is 1. The van der Waals surface area contributed by atoms with Crippen LogP contribution in [0.4, 0.5) is 0 Å². The smallest absolute Gasteiger partial charge is 0.0277 e. The second kappa shape index (κ2) is 1.89. The van der Waals surface area contributed by atoms with Crippen molar-refractivity contribution >= 4 is 15.9 Å². The average molecular weight is 263 g/mol. The van der Waals surface area contributed by atoms with Gasteiger partial charge in [-0.1, -0.05) is 28.1 Å². The standard InChI is InChI=1S/C14H15Br/c15-14-4-1-2-5(14)9-8(4)10-6-3-7-12(10)13(7)11(6)9/h1-2,4-14H,3H2. The predicted molar refractivity (Wildman–Crippen MR) is 61.4 cm³/mol. The number of hydrogen-bond acceptors (Lipinski definition) is 0. The summed E-state index contributed by atoms with van der Waals surface area (Å²) in [5.41, 5.74) is 0. The minimum Gasteiger partial charge on any atom is -0.0878 e. The first-order valence-electron chi connectivity index (χ1n) is 6.70. The van der Waals surface area contributed by atoms with Gasteiger partial charge in [0.15, 0.2) is 0 Å². The van der Waals surface area contributed by atoms with Crippen LogP contribution in [0.5, 0.6) is 0 Å². The Balaban J connectivity index is 1.59. The highest BCUT2D eigenvalue weighted by Gasteiger charge is 2.83. The highest BCUT2D eigenvalue weighted by Crippen LogP contribution is 2.87. The van der Waals surface area contributed by atoms with Crippen LogP contribution in [-0.2, 0) is 0 Å². The summed E-state index contributed by atoms with van der Waals surface area (Å²) in [5, 5.41) is 0. The molecule has 6 fully saturated rings. The first-order valence-corrected chi connectivity index (χ1v) is 7.62. The quantitative estimate of drug-likeness (QED) is 0.465. The van der Waals surface area contributed by atoms with E-state index in [1.807, 2.05) is 0 Å². The largest absolute Gasteiger partial charge is 0.0878 e. The second-order valence-electron chi connectivity index (χ2n) is 7.01. The van der Waals surface area contributed by atoms with Crippen molar-refractivity contribution in [2.75, 3.05) is 0 Å². The third-order valence-electron chi connectivity index (χ3n) is 7.23. The van der Waals surface area contributed by atoms with Gasteiger partial charge in [0.25, 0.3) is 0 Å². The van der Waals surface area contributed by atoms with Gasteiger partial charge in [-0.25, -0.2) is 0 Å². The summed E-state index contributed by atoms with van der Waals surface area (Å²) in [4.78, 5) is 0.826. The normalized spacial score (nSPS) is 83.1. The molecule has 0 amide bonds. The zero-order valence-corrected chi connectivity index (χ0v) is 10.2. The first-order chi connectivity index (χ1) is 7.38. The van der Waals surface area contributed by atoms with Gasteiger partial charge < -0.3 is 0 Å². The molecule has 78 valence electrons. The Kier molecular flexibility index (Phi) is 0.951. The van der Waals surface area contributed by atoms with Crippen LogP contribution in [0.25, 0.3) is 0 Å². The fourth-order valence-electron chi connectivity index (χ4n) is 7.31. The van der Waals surface area contributed by atoms with E-state index in [9.17, 15) is 0 Å². The molecular formula is C14H15Br. The zero-order valence-electron chi connectivity index (χ0n) is 8.59. The molecule has 7 aliphatic rings. The molecule has 6 saturated carbocycles. The van der Waals surface area contributed by atoms with Gasteiger partial charge in [-0.15, -0.1) is 0 Å². The van der Waals surface area contributed by atoms with Crippen LogP contribution in [0.3, 0.4) is 0 Å². The molecule has 0 N–H and O–H groups in total. The Morgan fingerprint density at radius 2 is 1.20 bits per heavy atom. The molecule has 0 saturated heterocycles. The molecule has 0 spiro atoms. The molecule has 0 aromatic heterocycles. The summed E-state index contributed by atoms with van der Waals surface area (Å²) in [6.45, 7) is 0. The number of allylic oxidation sites excluding steroid dienone is 2. The molecule has 7 rings (SSSR count). The van der Waals surface area contributed by atoms with E-state index in [4.69, 9.17) is 0 Å². The van der Waals surface area contributed by atoms with Crippen LogP contribution in [0, 0.1) is 59.2 Å². The summed E-state index contributed by atoms with van der Waals surface area (Å²) in [7, 11) is 0. The Bertz CT molecular complexity index is 380. The van der Waals surface area contributed by atoms with Crippen LogP contribution in [0.1, 0.15) is 6.42 Å². The van der Waals surface area contributed by atoms with Crippen molar-refractivity contribution in [2.24, 2.45) is 59.2 Å². The molecule has 0 radical (unpaired) electrons. The average Bonchev–Trinajstić information content (AvgIpc) is 2.80. The lowest BCUT2D eigenvalue weighted by atomic mass is 9.73. The molecular weight excluding hydrogens is 248 g/mol. The Labute approximate surface area is 98.6 Å². The summed E-state index contributed by atoms with van der Waals surface area (Å²) in [5.74, 6) is 11.4. The molecule has 8 atom stereocenters. The van der Waals surface area contributed by atoms with Gasteiger partial charge in [-0.05, 0) is 65.6 Å². The lowest BCUT2D eigenvalue weighted by Gasteiger charge is -2.31. The highest BCUT2D eigenvalue weighted by molar-refractivity contribution is 9.09. The second-order valence-corrected chi connectivity index (χ2v) is 8.07. The summed E-state index contributed by atoms with van der Waals surface area (Å²) < 4.78 is 0. The topological polar surface area (TPSA) is 0 Å². The predicted octanol–water partition coefficient (Wildman–Crippen LogP) is 2.94. The molecule has 7 aliphatic carbocycles. The van der Waals surface area contributed by atoms with Gasteiger partial charge >= 0.3 is 0 Å². The molecule has 8 bridgehead atoms. The molecule has 0 heterocycles. The van der Waals surface area contributed by atoms with E-state index in [2.05, 4.69) is 28.1 Å². The Hall–Kier alpha value is 0.220. The zero-order chi connectivity index (χ0) is 9.47. The number of fused-ring (bicyclic) bond motifs is 5. The maximum Gasteiger partial charge on any atom is 0.0277 e. The summed E-state index contributed by atoms with van der Waals surface area (Å²) in [6.07, 6.45) is 6.76.